The number of methoxy groups -OCH3 is 1. The number of aliphatic hydroxyl groups is 1. The third-order valence-electron chi connectivity index (χ3n) is 6.11. The number of hydrogen-bond donors (Lipinski definition) is 2. The molecular weight excluding hydrogens is 396 g/mol. The molecule has 4 rings (SSSR count). The number of carbonyl (C=O) groups excluding carboxylic acids is 2. The van der Waals surface area contributed by atoms with Crippen molar-refractivity contribution in [2.75, 3.05) is 20.3 Å². The molecule has 0 saturated carbocycles. The van der Waals surface area contributed by atoms with Crippen molar-refractivity contribution in [3.8, 4) is 11.5 Å². The minimum atomic E-state index is -1.08. The Balaban J connectivity index is 1.49. The molecule has 0 radical (unpaired) electrons. The van der Waals surface area contributed by atoms with E-state index in [9.17, 15) is 14.7 Å². The predicted molar refractivity (Wildman–Crippen MR) is 115 cm³/mol. The molecule has 31 heavy (non-hydrogen) atoms. The smallest absolute Gasteiger partial charge is 0.325 e. The van der Waals surface area contributed by atoms with Crippen LogP contribution in [0.2, 0.25) is 0 Å². The van der Waals surface area contributed by atoms with E-state index >= 15 is 0 Å². The number of urea groups is 1. The fourth-order valence-electron chi connectivity index (χ4n) is 4.46. The standard InChI is InChI=1S/C24H28N2O5/c1-15-6-7-16(2)21(11-15)31-14-18(27)13-26-22(28)24(25-23(26)29)10-4-5-17-12-19(30-3)8-9-20(17)24/h6-9,11-12,18,27H,4-5,10,13-14H2,1-3H3,(H,25,29)/t18-,24-/m1/s1. The zero-order valence-corrected chi connectivity index (χ0v) is 18.1. The first-order valence-corrected chi connectivity index (χ1v) is 10.5. The quantitative estimate of drug-likeness (QED) is 0.697. The maximum absolute atomic E-state index is 13.4. The molecule has 3 amide bonds. The van der Waals surface area contributed by atoms with Crippen LogP contribution in [-0.4, -0.2) is 48.3 Å². The summed E-state index contributed by atoms with van der Waals surface area (Å²) in [6.45, 7) is 3.76. The molecule has 1 aliphatic heterocycles. The van der Waals surface area contributed by atoms with Gasteiger partial charge in [0.15, 0.2) is 0 Å². The van der Waals surface area contributed by atoms with E-state index in [4.69, 9.17) is 9.47 Å². The molecule has 1 fully saturated rings. The van der Waals surface area contributed by atoms with Crippen LogP contribution < -0.4 is 14.8 Å². The van der Waals surface area contributed by atoms with E-state index in [1.54, 1.807) is 13.2 Å². The molecule has 1 heterocycles. The van der Waals surface area contributed by atoms with Crippen molar-refractivity contribution >= 4 is 11.9 Å². The summed E-state index contributed by atoms with van der Waals surface area (Å²) < 4.78 is 11.0. The fourth-order valence-corrected chi connectivity index (χ4v) is 4.46. The number of amides is 3. The van der Waals surface area contributed by atoms with Gasteiger partial charge in [-0.1, -0.05) is 18.2 Å². The van der Waals surface area contributed by atoms with E-state index in [0.29, 0.717) is 12.2 Å². The van der Waals surface area contributed by atoms with Crippen LogP contribution in [0.1, 0.15) is 35.1 Å². The van der Waals surface area contributed by atoms with Gasteiger partial charge in [-0.15, -0.1) is 0 Å². The first kappa shape index (κ1) is 21.2. The van der Waals surface area contributed by atoms with Crippen LogP contribution in [0.5, 0.6) is 11.5 Å². The zero-order valence-electron chi connectivity index (χ0n) is 18.1. The summed E-state index contributed by atoms with van der Waals surface area (Å²) in [5.74, 6) is 1.08. The fraction of sp³-hybridized carbons (Fsp3) is 0.417. The number of aliphatic hydroxyl groups excluding tert-OH is 1. The lowest BCUT2D eigenvalue weighted by Crippen LogP contribution is -2.47. The number of benzene rings is 2. The van der Waals surface area contributed by atoms with Crippen molar-refractivity contribution in [2.45, 2.75) is 44.8 Å². The summed E-state index contributed by atoms with van der Waals surface area (Å²) in [5.41, 5.74) is 2.74. The minimum absolute atomic E-state index is 0.0118. The highest BCUT2D eigenvalue weighted by atomic mass is 16.5. The molecule has 0 aromatic heterocycles. The summed E-state index contributed by atoms with van der Waals surface area (Å²) in [7, 11) is 1.60. The Kier molecular flexibility index (Phi) is 5.62. The van der Waals surface area contributed by atoms with Crippen LogP contribution in [0.3, 0.4) is 0 Å². The number of nitrogens with zero attached hydrogens (tertiary/aromatic N) is 1. The molecule has 0 unspecified atom stereocenters. The molecule has 1 aliphatic carbocycles. The summed E-state index contributed by atoms with van der Waals surface area (Å²) in [4.78, 5) is 27.2. The van der Waals surface area contributed by atoms with Gasteiger partial charge in [0, 0.05) is 0 Å². The number of fused-ring (bicyclic) bond motifs is 2. The Bertz CT molecular complexity index is 1020. The summed E-state index contributed by atoms with van der Waals surface area (Å²) in [5, 5.41) is 13.4. The third-order valence-corrected chi connectivity index (χ3v) is 6.11. The Morgan fingerprint density at radius 2 is 2.00 bits per heavy atom. The van der Waals surface area contributed by atoms with Gasteiger partial charge < -0.3 is 19.9 Å². The molecule has 2 aromatic rings. The molecule has 0 bridgehead atoms. The van der Waals surface area contributed by atoms with Gasteiger partial charge in [0.05, 0.1) is 13.7 Å². The predicted octanol–water partition coefficient (Wildman–Crippen LogP) is 2.84. The highest BCUT2D eigenvalue weighted by molar-refractivity contribution is 6.07. The topological polar surface area (TPSA) is 88.1 Å². The lowest BCUT2D eigenvalue weighted by Gasteiger charge is -2.33. The molecule has 2 atom stereocenters. The minimum Gasteiger partial charge on any atom is -0.497 e. The molecule has 164 valence electrons. The Labute approximate surface area is 182 Å². The van der Waals surface area contributed by atoms with Crippen molar-refractivity contribution in [1.82, 2.24) is 10.2 Å². The van der Waals surface area contributed by atoms with E-state index < -0.39 is 17.7 Å². The molecule has 2 aromatic carbocycles. The van der Waals surface area contributed by atoms with Crippen LogP contribution in [0.25, 0.3) is 0 Å². The normalized spacial score (nSPS) is 21.1. The Morgan fingerprint density at radius 3 is 2.77 bits per heavy atom. The highest BCUT2D eigenvalue weighted by Crippen LogP contribution is 2.41. The average molecular weight is 424 g/mol. The maximum atomic E-state index is 13.4. The molecule has 7 nitrogen and oxygen atoms in total. The number of ether oxygens (including phenoxy) is 2. The van der Waals surface area contributed by atoms with Crippen LogP contribution in [0, 0.1) is 13.8 Å². The van der Waals surface area contributed by atoms with Crippen molar-refractivity contribution in [2.24, 2.45) is 0 Å². The van der Waals surface area contributed by atoms with Crippen LogP contribution in [-0.2, 0) is 16.8 Å². The van der Waals surface area contributed by atoms with Crippen molar-refractivity contribution in [3.05, 3.63) is 58.7 Å². The van der Waals surface area contributed by atoms with Gasteiger partial charge >= 0.3 is 6.03 Å². The van der Waals surface area contributed by atoms with Crippen LogP contribution >= 0.6 is 0 Å². The summed E-state index contributed by atoms with van der Waals surface area (Å²) >= 11 is 0. The average Bonchev–Trinajstić information content (AvgIpc) is 2.98. The van der Waals surface area contributed by atoms with E-state index in [-0.39, 0.29) is 19.1 Å². The SMILES string of the molecule is COc1ccc2c(c1)CCC[C@@]21NC(=O)N(C[C@@H](O)COc2cc(C)ccc2C)C1=O. The monoisotopic (exact) mass is 424 g/mol. The molecular formula is C24H28N2O5. The molecule has 1 spiro atoms. The van der Waals surface area contributed by atoms with Gasteiger partial charge in [0.25, 0.3) is 5.91 Å². The second-order valence-corrected chi connectivity index (χ2v) is 8.36. The van der Waals surface area contributed by atoms with Gasteiger partial charge in [-0.2, -0.15) is 0 Å². The van der Waals surface area contributed by atoms with Crippen molar-refractivity contribution < 1.29 is 24.2 Å². The lowest BCUT2D eigenvalue weighted by atomic mass is 9.76. The Hall–Kier alpha value is -3.06. The molecule has 1 saturated heterocycles. The van der Waals surface area contributed by atoms with Crippen LogP contribution in [0.4, 0.5) is 4.79 Å². The number of imide groups is 1. The van der Waals surface area contributed by atoms with Crippen molar-refractivity contribution in [1.29, 1.82) is 0 Å². The lowest BCUT2D eigenvalue weighted by molar-refractivity contribution is -0.133. The van der Waals surface area contributed by atoms with Gasteiger partial charge in [-0.05, 0) is 73.6 Å². The number of nitrogens with one attached hydrogen (secondary N) is 1. The summed E-state index contributed by atoms with van der Waals surface area (Å²) in [6.07, 6.45) is 1.13. The maximum Gasteiger partial charge on any atom is 0.325 e. The number of aryl methyl sites for hydroxylation is 3. The number of hydrogen-bond acceptors (Lipinski definition) is 5. The van der Waals surface area contributed by atoms with Crippen molar-refractivity contribution in [3.63, 3.8) is 0 Å². The number of rotatable bonds is 6. The second-order valence-electron chi connectivity index (χ2n) is 8.36. The van der Waals surface area contributed by atoms with Gasteiger partial charge in [0.1, 0.15) is 29.7 Å². The first-order valence-electron chi connectivity index (χ1n) is 10.5. The van der Waals surface area contributed by atoms with E-state index in [1.807, 2.05) is 44.2 Å². The Morgan fingerprint density at radius 1 is 1.19 bits per heavy atom. The highest BCUT2D eigenvalue weighted by Gasteiger charge is 2.54. The van der Waals surface area contributed by atoms with E-state index in [0.717, 1.165) is 45.7 Å². The van der Waals surface area contributed by atoms with Gasteiger partial charge in [-0.3, -0.25) is 9.69 Å². The van der Waals surface area contributed by atoms with E-state index in [2.05, 4.69) is 5.32 Å². The molecule has 2 aliphatic rings. The zero-order chi connectivity index (χ0) is 22.2. The molecule has 2 N–H and O–H groups in total. The number of β-amino-alcohol motifs (C(OH)–C–C–N with tert-alkyl or cyclic N) is 1. The second kappa shape index (κ2) is 8.23. The van der Waals surface area contributed by atoms with Crippen LogP contribution in [0.15, 0.2) is 36.4 Å². The van der Waals surface area contributed by atoms with E-state index in [1.165, 1.54) is 0 Å². The largest absolute Gasteiger partial charge is 0.497 e. The van der Waals surface area contributed by atoms with Gasteiger partial charge in [-0.25, -0.2) is 4.79 Å². The third kappa shape index (κ3) is 3.85. The summed E-state index contributed by atoms with van der Waals surface area (Å²) in [6, 6.07) is 10.9. The first-order chi connectivity index (χ1) is 14.8. The van der Waals surface area contributed by atoms with Gasteiger partial charge in [0.2, 0.25) is 0 Å². The molecule has 7 heteroatoms. The number of carbonyl (C=O) groups is 2.